The molecule has 0 aliphatic carbocycles. The van der Waals surface area contributed by atoms with Crippen molar-refractivity contribution in [3.63, 3.8) is 0 Å². The molecule has 1 aliphatic heterocycles. The molecule has 3 aromatic rings. The van der Waals surface area contributed by atoms with E-state index >= 15 is 0 Å². The van der Waals surface area contributed by atoms with Crippen LogP contribution < -0.4 is 5.32 Å². The van der Waals surface area contributed by atoms with Crippen molar-refractivity contribution in [3.05, 3.63) is 69.6 Å². The zero-order chi connectivity index (χ0) is 24.6. The third-order valence-corrected chi connectivity index (χ3v) is 7.79. The minimum Gasteiger partial charge on any atom is -0.343 e. The predicted octanol–water partition coefficient (Wildman–Crippen LogP) is 7.39. The number of unbranched alkanes of at least 4 members (excludes halogenated alkanes) is 3. The van der Waals surface area contributed by atoms with Gasteiger partial charge in [0.1, 0.15) is 5.69 Å². The first kappa shape index (κ1) is 25.4. The van der Waals surface area contributed by atoms with E-state index in [-0.39, 0.29) is 11.8 Å². The van der Waals surface area contributed by atoms with Gasteiger partial charge in [-0.25, -0.2) is 4.98 Å². The van der Waals surface area contributed by atoms with Crippen molar-refractivity contribution in [2.45, 2.75) is 57.8 Å². The van der Waals surface area contributed by atoms with Gasteiger partial charge in [0.25, 0.3) is 5.91 Å². The summed E-state index contributed by atoms with van der Waals surface area (Å²) in [4.78, 5) is 32.1. The molecule has 184 valence electrons. The molecule has 1 aliphatic rings. The SMILES string of the molecule is CCCCCCC(=O)N1CCC(c2nc(C(=O)Nc3ccccc3-c3ccc(Cl)cc3)cs2)CC1. The standard InChI is InChI=1S/C28H32ClN3O2S/c1-2-3-4-5-10-26(33)32-17-15-21(16-18-32)28-31-25(19-35-28)27(34)30-24-9-7-6-8-23(24)20-11-13-22(29)14-12-20/h6-9,11-14,19,21H,2-5,10,15-18H2,1H3,(H,30,34). The van der Waals surface area contributed by atoms with Crippen molar-refractivity contribution < 1.29 is 9.59 Å². The van der Waals surface area contributed by atoms with Crippen LogP contribution in [0.5, 0.6) is 0 Å². The lowest BCUT2D eigenvalue weighted by Gasteiger charge is -2.31. The number of benzene rings is 2. The van der Waals surface area contributed by atoms with Gasteiger partial charge in [-0.2, -0.15) is 0 Å². The van der Waals surface area contributed by atoms with Gasteiger partial charge in [0.15, 0.2) is 0 Å². The quantitative estimate of drug-likeness (QED) is 0.306. The van der Waals surface area contributed by atoms with Crippen molar-refractivity contribution in [1.82, 2.24) is 9.88 Å². The van der Waals surface area contributed by atoms with Gasteiger partial charge in [-0.1, -0.05) is 68.1 Å². The Labute approximate surface area is 216 Å². The average molecular weight is 510 g/mol. The Kier molecular flexibility index (Phi) is 8.94. The van der Waals surface area contributed by atoms with E-state index in [0.29, 0.717) is 23.1 Å². The van der Waals surface area contributed by atoms with Crippen LogP contribution >= 0.6 is 22.9 Å². The molecule has 1 saturated heterocycles. The molecule has 1 fully saturated rings. The number of para-hydroxylation sites is 1. The number of carbonyl (C=O) groups is 2. The van der Waals surface area contributed by atoms with E-state index in [0.717, 1.165) is 60.6 Å². The Morgan fingerprint density at radius 2 is 1.80 bits per heavy atom. The van der Waals surface area contributed by atoms with E-state index in [1.54, 1.807) is 0 Å². The highest BCUT2D eigenvalue weighted by molar-refractivity contribution is 7.10. The van der Waals surface area contributed by atoms with E-state index < -0.39 is 0 Å². The summed E-state index contributed by atoms with van der Waals surface area (Å²) >= 11 is 7.56. The van der Waals surface area contributed by atoms with Gasteiger partial charge in [0, 0.05) is 47.1 Å². The number of amides is 2. The fraction of sp³-hybridized carbons (Fsp3) is 0.393. The number of anilines is 1. The summed E-state index contributed by atoms with van der Waals surface area (Å²) in [6, 6.07) is 15.3. The second kappa shape index (κ2) is 12.3. The minimum atomic E-state index is -0.214. The van der Waals surface area contributed by atoms with Crippen molar-refractivity contribution >= 4 is 40.4 Å². The Morgan fingerprint density at radius 1 is 1.06 bits per heavy atom. The zero-order valence-electron chi connectivity index (χ0n) is 20.1. The van der Waals surface area contributed by atoms with Crippen molar-refractivity contribution in [2.24, 2.45) is 0 Å². The summed E-state index contributed by atoms with van der Waals surface area (Å²) < 4.78 is 0. The van der Waals surface area contributed by atoms with Gasteiger partial charge in [0.05, 0.1) is 5.01 Å². The smallest absolute Gasteiger partial charge is 0.275 e. The second-order valence-electron chi connectivity index (χ2n) is 9.04. The van der Waals surface area contributed by atoms with Crippen LogP contribution in [0.2, 0.25) is 5.02 Å². The number of nitrogens with one attached hydrogen (secondary N) is 1. The highest BCUT2D eigenvalue weighted by Gasteiger charge is 2.26. The number of nitrogens with zero attached hydrogens (tertiary/aromatic N) is 2. The van der Waals surface area contributed by atoms with Crippen LogP contribution in [0.15, 0.2) is 53.9 Å². The second-order valence-corrected chi connectivity index (χ2v) is 10.4. The van der Waals surface area contributed by atoms with Gasteiger partial charge >= 0.3 is 0 Å². The summed E-state index contributed by atoms with van der Waals surface area (Å²) in [5, 5.41) is 6.52. The predicted molar refractivity (Wildman–Crippen MR) is 144 cm³/mol. The lowest BCUT2D eigenvalue weighted by atomic mass is 9.97. The van der Waals surface area contributed by atoms with Crippen LogP contribution in [0.4, 0.5) is 5.69 Å². The van der Waals surface area contributed by atoms with Crippen LogP contribution in [0.25, 0.3) is 11.1 Å². The lowest BCUT2D eigenvalue weighted by Crippen LogP contribution is -2.37. The molecule has 0 atom stereocenters. The monoisotopic (exact) mass is 509 g/mol. The Balaban J connectivity index is 1.34. The normalized spacial score (nSPS) is 14.2. The van der Waals surface area contributed by atoms with E-state index in [4.69, 9.17) is 11.6 Å². The highest BCUT2D eigenvalue weighted by Crippen LogP contribution is 2.32. The largest absolute Gasteiger partial charge is 0.343 e. The highest BCUT2D eigenvalue weighted by atomic mass is 35.5. The number of aromatic nitrogens is 1. The third-order valence-electron chi connectivity index (χ3n) is 6.53. The number of carbonyl (C=O) groups excluding carboxylic acids is 2. The van der Waals surface area contributed by atoms with Crippen molar-refractivity contribution in [2.75, 3.05) is 18.4 Å². The molecule has 7 heteroatoms. The molecule has 2 aromatic carbocycles. The number of thiazole rings is 1. The third kappa shape index (κ3) is 6.71. The molecule has 1 aromatic heterocycles. The maximum absolute atomic E-state index is 13.0. The summed E-state index contributed by atoms with van der Waals surface area (Å²) in [5.74, 6) is 0.360. The molecule has 35 heavy (non-hydrogen) atoms. The first-order chi connectivity index (χ1) is 17.0. The number of rotatable bonds is 9. The Morgan fingerprint density at radius 3 is 2.54 bits per heavy atom. The van der Waals surface area contributed by atoms with E-state index in [1.807, 2.05) is 58.8 Å². The molecule has 0 unspecified atom stereocenters. The Bertz CT molecular complexity index is 1140. The van der Waals surface area contributed by atoms with E-state index in [1.165, 1.54) is 24.2 Å². The molecular weight excluding hydrogens is 478 g/mol. The van der Waals surface area contributed by atoms with Gasteiger partial charge in [-0.05, 0) is 43.0 Å². The topological polar surface area (TPSA) is 62.3 Å². The molecule has 5 nitrogen and oxygen atoms in total. The van der Waals surface area contributed by atoms with E-state index in [2.05, 4.69) is 17.2 Å². The molecule has 1 N–H and O–H groups in total. The average Bonchev–Trinajstić information content (AvgIpc) is 3.38. The molecule has 0 saturated carbocycles. The summed E-state index contributed by atoms with van der Waals surface area (Å²) in [7, 11) is 0. The maximum atomic E-state index is 13.0. The van der Waals surface area contributed by atoms with E-state index in [9.17, 15) is 9.59 Å². The molecule has 0 spiro atoms. The number of hydrogen-bond donors (Lipinski definition) is 1. The minimum absolute atomic E-state index is 0.214. The van der Waals surface area contributed by atoms with Gasteiger partial charge in [0.2, 0.25) is 5.91 Å². The molecular formula is C28H32ClN3O2S. The fourth-order valence-corrected chi connectivity index (χ4v) is 5.57. The number of hydrogen-bond acceptors (Lipinski definition) is 4. The summed E-state index contributed by atoms with van der Waals surface area (Å²) in [6.07, 6.45) is 6.95. The number of halogens is 1. The van der Waals surface area contributed by atoms with Crippen LogP contribution in [-0.4, -0.2) is 34.8 Å². The fourth-order valence-electron chi connectivity index (χ4n) is 4.48. The maximum Gasteiger partial charge on any atom is 0.275 e. The molecule has 4 rings (SSSR count). The summed E-state index contributed by atoms with van der Waals surface area (Å²) in [5.41, 5.74) is 3.08. The van der Waals surface area contributed by atoms with Crippen LogP contribution in [0.1, 0.15) is 73.3 Å². The van der Waals surface area contributed by atoms with Gasteiger partial charge < -0.3 is 10.2 Å². The van der Waals surface area contributed by atoms with Gasteiger partial charge in [-0.3, -0.25) is 9.59 Å². The zero-order valence-corrected chi connectivity index (χ0v) is 21.7. The number of piperidine rings is 1. The van der Waals surface area contributed by atoms with Crippen molar-refractivity contribution in [1.29, 1.82) is 0 Å². The molecule has 2 amide bonds. The molecule has 0 bridgehead atoms. The van der Waals surface area contributed by atoms with Crippen LogP contribution in [-0.2, 0) is 4.79 Å². The Hall–Kier alpha value is -2.70. The summed E-state index contributed by atoms with van der Waals surface area (Å²) in [6.45, 7) is 3.72. The first-order valence-electron chi connectivity index (χ1n) is 12.4. The van der Waals surface area contributed by atoms with Crippen molar-refractivity contribution in [3.8, 4) is 11.1 Å². The first-order valence-corrected chi connectivity index (χ1v) is 13.7. The lowest BCUT2D eigenvalue weighted by molar-refractivity contribution is -0.132. The van der Waals surface area contributed by atoms with Gasteiger partial charge in [-0.15, -0.1) is 11.3 Å². The van der Waals surface area contributed by atoms with Crippen LogP contribution in [0, 0.1) is 0 Å². The van der Waals surface area contributed by atoms with Crippen LogP contribution in [0.3, 0.4) is 0 Å². The molecule has 0 radical (unpaired) electrons. The molecule has 2 heterocycles. The number of likely N-dealkylation sites (tertiary alicyclic amines) is 1.